The molecule has 0 heterocycles. The van der Waals surface area contributed by atoms with E-state index in [0.29, 0.717) is 36.4 Å². The number of aliphatic hydroxyl groups is 2. The fourth-order valence-electron chi connectivity index (χ4n) is 12.0. The van der Waals surface area contributed by atoms with Crippen LogP contribution in [0.25, 0.3) is 0 Å². The number of hydrogen-bond donors (Lipinski definition) is 5. The number of carbonyl (C=O) groups excluding carboxylic acids is 1. The smallest absolute Gasteiger partial charge is 0.407 e. The van der Waals surface area contributed by atoms with E-state index in [1.165, 1.54) is 64.2 Å². The molecule has 4 saturated carbocycles. The van der Waals surface area contributed by atoms with Crippen LogP contribution < -0.4 is 16.8 Å². The molecule has 0 aromatic carbocycles. The molecular formula is C42H80N4O4. The molecule has 0 aromatic heterocycles. The van der Waals surface area contributed by atoms with E-state index in [-0.39, 0.29) is 12.7 Å². The van der Waals surface area contributed by atoms with Crippen LogP contribution in [0.5, 0.6) is 0 Å². The van der Waals surface area contributed by atoms with Gasteiger partial charge in [-0.15, -0.1) is 0 Å². The highest BCUT2D eigenvalue weighted by Gasteiger charge is 2.60. The van der Waals surface area contributed by atoms with E-state index in [1.807, 2.05) is 4.90 Å². The number of alkyl carbamates (subject to hydrolysis) is 1. The van der Waals surface area contributed by atoms with E-state index < -0.39 is 18.4 Å². The number of nitrogens with zero attached hydrogens (tertiary/aromatic N) is 1. The van der Waals surface area contributed by atoms with Gasteiger partial charge in [0.25, 0.3) is 0 Å². The van der Waals surface area contributed by atoms with Gasteiger partial charge in [-0.2, -0.15) is 0 Å². The van der Waals surface area contributed by atoms with Gasteiger partial charge in [0.15, 0.2) is 0 Å². The molecule has 0 saturated heterocycles. The van der Waals surface area contributed by atoms with E-state index in [0.717, 1.165) is 99.8 Å². The van der Waals surface area contributed by atoms with Gasteiger partial charge in [0.1, 0.15) is 12.3 Å². The Kier molecular flexibility index (Phi) is 16.7. The van der Waals surface area contributed by atoms with Gasteiger partial charge < -0.3 is 31.7 Å². The van der Waals surface area contributed by atoms with Crippen molar-refractivity contribution in [3.8, 4) is 0 Å². The van der Waals surface area contributed by atoms with Crippen LogP contribution in [0, 0.1) is 52.3 Å². The molecule has 4 rings (SSSR count). The third-order valence-electron chi connectivity index (χ3n) is 14.9. The zero-order valence-corrected chi connectivity index (χ0v) is 33.1. The number of nitrogens with one attached hydrogen (secondary N) is 1. The van der Waals surface area contributed by atoms with Crippen molar-refractivity contribution in [1.29, 1.82) is 0 Å². The molecule has 50 heavy (non-hydrogen) atoms. The molecule has 292 valence electrons. The number of hydrogen-bond acceptors (Lipinski definition) is 7. The first kappa shape index (κ1) is 41.8. The number of amides is 1. The minimum Gasteiger partial charge on any atom is -0.446 e. The second-order valence-corrected chi connectivity index (χ2v) is 18.4. The van der Waals surface area contributed by atoms with Crippen molar-refractivity contribution < 1.29 is 19.7 Å². The fourth-order valence-corrected chi connectivity index (χ4v) is 12.0. The topological polar surface area (TPSA) is 134 Å². The van der Waals surface area contributed by atoms with Crippen LogP contribution in [0.3, 0.4) is 0 Å². The van der Waals surface area contributed by atoms with Gasteiger partial charge >= 0.3 is 6.09 Å². The summed E-state index contributed by atoms with van der Waals surface area (Å²) in [4.78, 5) is 15.2. The maximum Gasteiger partial charge on any atom is 0.407 e. The number of rotatable bonds is 21. The van der Waals surface area contributed by atoms with Crippen molar-refractivity contribution in [2.45, 2.75) is 175 Å². The Labute approximate surface area is 307 Å². The van der Waals surface area contributed by atoms with E-state index in [1.54, 1.807) is 0 Å². The lowest BCUT2D eigenvalue weighted by atomic mass is 9.44. The predicted octanol–water partition coefficient (Wildman–Crippen LogP) is 7.83. The number of ether oxygens (including phenoxy) is 1. The van der Waals surface area contributed by atoms with E-state index in [2.05, 4.69) is 39.9 Å². The van der Waals surface area contributed by atoms with Gasteiger partial charge in [-0.25, -0.2) is 4.79 Å². The normalized spacial score (nSPS) is 34.1. The Morgan fingerprint density at radius 1 is 0.820 bits per heavy atom. The van der Waals surface area contributed by atoms with Crippen LogP contribution >= 0.6 is 0 Å². The van der Waals surface area contributed by atoms with E-state index in [9.17, 15) is 15.0 Å². The molecule has 7 N–H and O–H groups in total. The Morgan fingerprint density at radius 2 is 1.48 bits per heavy atom. The molecule has 4 aliphatic carbocycles. The Balaban J connectivity index is 1.27. The van der Waals surface area contributed by atoms with Crippen molar-refractivity contribution in [2.75, 3.05) is 32.8 Å². The lowest BCUT2D eigenvalue weighted by Gasteiger charge is -2.61. The quantitative estimate of drug-likeness (QED) is 0.0607. The minimum atomic E-state index is -0.989. The highest BCUT2D eigenvalue weighted by atomic mass is 16.6. The van der Waals surface area contributed by atoms with Crippen molar-refractivity contribution >= 4 is 6.09 Å². The summed E-state index contributed by atoms with van der Waals surface area (Å²) in [5.74, 6) is 5.66. The van der Waals surface area contributed by atoms with Gasteiger partial charge in [0.2, 0.25) is 0 Å². The number of aliphatic hydroxyl groups excluding tert-OH is 2. The van der Waals surface area contributed by atoms with Crippen molar-refractivity contribution in [3.63, 3.8) is 0 Å². The summed E-state index contributed by atoms with van der Waals surface area (Å²) in [5.41, 5.74) is 12.2. The molecule has 8 heteroatoms. The van der Waals surface area contributed by atoms with Crippen LogP contribution in [0.1, 0.15) is 157 Å². The van der Waals surface area contributed by atoms with Gasteiger partial charge in [-0.3, -0.25) is 4.90 Å². The zero-order valence-electron chi connectivity index (χ0n) is 33.1. The van der Waals surface area contributed by atoms with Crippen LogP contribution in [0.2, 0.25) is 0 Å². The van der Waals surface area contributed by atoms with Gasteiger partial charge in [0.05, 0.1) is 12.6 Å². The summed E-state index contributed by atoms with van der Waals surface area (Å²) < 4.78 is 6.06. The third-order valence-corrected chi connectivity index (χ3v) is 14.9. The van der Waals surface area contributed by atoms with Crippen LogP contribution in [-0.2, 0) is 4.74 Å². The summed E-state index contributed by atoms with van der Waals surface area (Å²) in [6, 6.07) is -0.807. The molecule has 11 atom stereocenters. The molecule has 4 aliphatic rings. The van der Waals surface area contributed by atoms with Gasteiger partial charge in [0, 0.05) is 13.1 Å². The Bertz CT molecular complexity index is 999. The van der Waals surface area contributed by atoms with E-state index in [4.69, 9.17) is 16.2 Å². The lowest BCUT2D eigenvalue weighted by molar-refractivity contribution is -0.130. The van der Waals surface area contributed by atoms with Crippen LogP contribution in [0.4, 0.5) is 4.79 Å². The molecule has 0 radical (unpaired) electrons. The maximum absolute atomic E-state index is 13.2. The first-order valence-corrected chi connectivity index (χ1v) is 21.4. The molecule has 0 aromatic rings. The summed E-state index contributed by atoms with van der Waals surface area (Å²) in [5, 5.41) is 24.3. The first-order chi connectivity index (χ1) is 24.0. The Hall–Kier alpha value is -0.930. The lowest BCUT2D eigenvalue weighted by Crippen LogP contribution is -2.56. The van der Waals surface area contributed by atoms with Gasteiger partial charge in [-0.1, -0.05) is 79.6 Å². The summed E-state index contributed by atoms with van der Waals surface area (Å²) in [7, 11) is 0. The van der Waals surface area contributed by atoms with Crippen molar-refractivity contribution in [2.24, 2.45) is 63.7 Å². The first-order valence-electron chi connectivity index (χ1n) is 21.4. The molecule has 4 fully saturated rings. The summed E-state index contributed by atoms with van der Waals surface area (Å²) in [6.07, 6.45) is 21.1. The average Bonchev–Trinajstić information content (AvgIpc) is 3.45. The summed E-state index contributed by atoms with van der Waals surface area (Å²) in [6.45, 7) is 14.8. The zero-order chi connectivity index (χ0) is 36.3. The number of fused-ring (bicyclic) bond motifs is 5. The van der Waals surface area contributed by atoms with Crippen LogP contribution in [0.15, 0.2) is 0 Å². The largest absolute Gasteiger partial charge is 0.446 e. The summed E-state index contributed by atoms with van der Waals surface area (Å²) >= 11 is 0. The van der Waals surface area contributed by atoms with Crippen molar-refractivity contribution in [1.82, 2.24) is 10.2 Å². The number of carbonyl (C=O) groups is 1. The molecule has 8 nitrogen and oxygen atoms in total. The minimum absolute atomic E-state index is 0.106. The number of nitrogens with two attached hydrogens (primary N) is 2. The van der Waals surface area contributed by atoms with Crippen molar-refractivity contribution in [3.05, 3.63) is 0 Å². The molecular weight excluding hydrogens is 624 g/mol. The maximum atomic E-state index is 13.2. The highest BCUT2D eigenvalue weighted by molar-refractivity contribution is 5.68. The fraction of sp³-hybridized carbons (Fsp3) is 0.976. The monoisotopic (exact) mass is 705 g/mol. The number of unbranched alkanes of at least 4 members (excludes halogenated alkanes) is 5. The second kappa shape index (κ2) is 19.9. The molecule has 0 bridgehead atoms. The molecule has 0 aliphatic heterocycles. The Morgan fingerprint density at radius 3 is 2.18 bits per heavy atom. The highest BCUT2D eigenvalue weighted by Crippen LogP contribution is 2.68. The molecule has 10 unspecified atom stereocenters. The second-order valence-electron chi connectivity index (χ2n) is 18.4. The SMILES string of the molecule is CC(C)CCCC(C)C1CCC2C3CCC4CC(OC(=O)NC(CO)[C@@H](O)N(CCCN)CCCCCCCCN)CCC4(C)C3CCC12C. The average molecular weight is 705 g/mol. The van der Waals surface area contributed by atoms with Gasteiger partial charge in [-0.05, 0) is 142 Å². The van der Waals surface area contributed by atoms with E-state index >= 15 is 0 Å². The predicted molar refractivity (Wildman–Crippen MR) is 205 cm³/mol. The molecule has 1 amide bonds. The standard InChI is InChI=1S/C42H80N4O4/c1-30(2)14-12-15-31(3)35-18-19-36-34-17-16-32-28-33(20-22-41(32,4)37(34)21-23-42(35,36)5)50-40(49)45-38(29-47)39(48)46(27-13-25-44)26-11-9-7-6-8-10-24-43/h30-39,47-48H,6-29,43-44H2,1-5H3,(H,45,49)/t31?,32?,33?,34?,35?,36?,37?,38?,39-,41?,42?/m1/s1. The van der Waals surface area contributed by atoms with Crippen LogP contribution in [-0.4, -0.2) is 72.4 Å². The molecule has 0 spiro atoms. The third kappa shape index (κ3) is 10.4.